The molecule has 2 aromatic heterocycles. The zero-order chi connectivity index (χ0) is 26.2. The number of hydrogen-bond acceptors (Lipinski definition) is 15. The molecule has 7 N–H and O–H groups in total. The molecule has 4 rings (SSSR count). The number of carboxylic acids is 1. The van der Waals surface area contributed by atoms with E-state index in [0.717, 1.165) is 23.3 Å². The van der Waals surface area contributed by atoms with Crippen LogP contribution in [-0.4, -0.2) is 79.3 Å². The van der Waals surface area contributed by atoms with Gasteiger partial charge in [-0.15, -0.1) is 11.8 Å². The van der Waals surface area contributed by atoms with Gasteiger partial charge in [0.05, 0.1) is 19.1 Å². The van der Waals surface area contributed by atoms with Gasteiger partial charge in [0.25, 0.3) is 5.91 Å². The van der Waals surface area contributed by atoms with Gasteiger partial charge in [-0.25, -0.2) is 4.57 Å². The number of fused-ring (bicyclic) bond motifs is 1. The number of nitrogens with zero attached hydrogens (tertiary/aromatic N) is 6. The van der Waals surface area contributed by atoms with Crippen molar-refractivity contribution in [3.63, 3.8) is 0 Å². The highest BCUT2D eigenvalue weighted by molar-refractivity contribution is 8.00. The maximum absolute atomic E-state index is 12.9. The third-order valence-corrected chi connectivity index (χ3v) is 9.04. The van der Waals surface area contributed by atoms with E-state index < -0.39 is 34.6 Å². The van der Waals surface area contributed by atoms with Crippen molar-refractivity contribution < 1.29 is 28.9 Å². The van der Waals surface area contributed by atoms with E-state index in [1.165, 1.54) is 29.8 Å². The van der Waals surface area contributed by atoms with Crippen LogP contribution in [0, 0.1) is 5.41 Å². The standard InChI is InChI=1S/C18H22N10O5S3/c1-27-8(20)3-7(19)22-17(27)35-6-18(15(31)32)4-28-13(30)10(14(28)34-5-18)23-12(29)9(25-33-2)11-24-16(21)36-26-11/h3,10,14H,4-6H2,1-2H3,(H7,19,20,21,23,24,26,29,31,32)/t10?,14-,18?/m1/s1. The van der Waals surface area contributed by atoms with E-state index in [4.69, 9.17) is 22.0 Å². The van der Waals surface area contributed by atoms with E-state index in [-0.39, 0.29) is 40.5 Å². The Balaban J connectivity index is 1.45. The molecular formula is C18H22N10O5S3. The number of aromatic nitrogens is 4. The van der Waals surface area contributed by atoms with Crippen molar-refractivity contribution in [1.82, 2.24) is 24.6 Å². The zero-order valence-corrected chi connectivity index (χ0v) is 21.5. The Kier molecular flexibility index (Phi) is 7.10. The summed E-state index contributed by atoms with van der Waals surface area (Å²) in [6, 6.07) is 0.607. The molecule has 0 aliphatic carbocycles. The number of hydrogen-bond donors (Lipinski definition) is 4. The first-order chi connectivity index (χ1) is 17.1. The van der Waals surface area contributed by atoms with Crippen LogP contribution in [-0.2, 0) is 26.3 Å². The fourth-order valence-electron chi connectivity index (χ4n) is 3.62. The summed E-state index contributed by atoms with van der Waals surface area (Å²) in [6.07, 6.45) is 0. The molecule has 3 atom stereocenters. The third-order valence-electron chi connectivity index (χ3n) is 5.59. The van der Waals surface area contributed by atoms with E-state index in [9.17, 15) is 19.5 Å². The predicted octanol–water partition coefficient (Wildman–Crippen LogP) is -3.22. The molecule has 192 valence electrons. The second-order valence-electron chi connectivity index (χ2n) is 8.00. The molecule has 2 aliphatic rings. The van der Waals surface area contributed by atoms with Crippen LogP contribution in [0.2, 0.25) is 0 Å². The molecule has 2 fully saturated rings. The summed E-state index contributed by atoms with van der Waals surface area (Å²) >= 11 is 3.27. The van der Waals surface area contributed by atoms with Gasteiger partial charge in [-0.3, -0.25) is 9.59 Å². The summed E-state index contributed by atoms with van der Waals surface area (Å²) in [5.41, 5.74) is 15.7. The molecular weight excluding hydrogens is 532 g/mol. The third kappa shape index (κ3) is 4.70. The summed E-state index contributed by atoms with van der Waals surface area (Å²) in [5, 5.41) is 18.6. The minimum absolute atomic E-state index is 0.0336. The molecule has 4 heterocycles. The molecule has 2 aliphatic heterocycles. The summed E-state index contributed by atoms with van der Waals surface area (Å²) in [5.74, 6) is -1.69. The maximum Gasteiger partial charge on any atom is 0.300 e. The molecule has 0 saturated carbocycles. The lowest BCUT2D eigenvalue weighted by Crippen LogP contribution is -2.75. The molecule has 2 unspecified atom stereocenters. The maximum atomic E-state index is 12.9. The molecule has 36 heavy (non-hydrogen) atoms. The normalized spacial score (nSPS) is 23.6. The van der Waals surface area contributed by atoms with Gasteiger partial charge in [0.1, 0.15) is 18.5 Å². The number of β-lactam (4-membered cyclic amide) rings is 1. The minimum atomic E-state index is -1.35. The van der Waals surface area contributed by atoms with Crippen LogP contribution in [0.15, 0.2) is 16.4 Å². The second kappa shape index (κ2) is 9.94. The van der Waals surface area contributed by atoms with Crippen LogP contribution in [0.1, 0.15) is 5.82 Å². The number of carboxylic acid groups (broad SMARTS) is 1. The van der Waals surface area contributed by atoms with Crippen molar-refractivity contribution in [2.75, 3.05) is 42.4 Å². The Bertz CT molecular complexity index is 1260. The molecule has 2 aromatic rings. The monoisotopic (exact) mass is 554 g/mol. The number of aliphatic carboxylic acids is 1. The largest absolute Gasteiger partial charge is 0.549 e. The van der Waals surface area contributed by atoms with Crippen LogP contribution < -0.4 is 32.2 Å². The fraction of sp³-hybridized carbons (Fsp3) is 0.444. The number of rotatable bonds is 8. The zero-order valence-electron chi connectivity index (χ0n) is 19.0. The molecule has 0 spiro atoms. The number of nitrogen functional groups attached to an aromatic ring is 3. The summed E-state index contributed by atoms with van der Waals surface area (Å²) < 4.78 is 5.54. The van der Waals surface area contributed by atoms with Crippen molar-refractivity contribution >= 4 is 75.3 Å². The van der Waals surface area contributed by atoms with Crippen LogP contribution in [0.4, 0.5) is 16.8 Å². The molecule has 2 saturated heterocycles. The van der Waals surface area contributed by atoms with Crippen molar-refractivity contribution in [2.45, 2.75) is 16.6 Å². The Morgan fingerprint density at radius 3 is 2.81 bits per heavy atom. The minimum Gasteiger partial charge on any atom is -0.549 e. The number of nitrogens with one attached hydrogen (secondary N) is 1. The molecule has 0 bridgehead atoms. The van der Waals surface area contributed by atoms with Crippen molar-refractivity contribution in [1.29, 1.82) is 0 Å². The van der Waals surface area contributed by atoms with Gasteiger partial charge in [0.15, 0.2) is 5.13 Å². The number of anilines is 3. The quantitative estimate of drug-likeness (QED) is 0.0629. The van der Waals surface area contributed by atoms with Crippen molar-refractivity contribution in [2.24, 2.45) is 17.6 Å². The summed E-state index contributed by atoms with van der Waals surface area (Å²) in [6.45, 7) is -0.0874. The van der Waals surface area contributed by atoms with Crippen molar-refractivity contribution in [3.8, 4) is 0 Å². The van der Waals surface area contributed by atoms with Crippen molar-refractivity contribution in [3.05, 3.63) is 11.9 Å². The highest BCUT2D eigenvalue weighted by atomic mass is 32.2. The molecule has 15 nitrogen and oxygen atoms in total. The first-order valence-electron chi connectivity index (χ1n) is 10.3. The van der Waals surface area contributed by atoms with Crippen LogP contribution >= 0.6 is 35.1 Å². The van der Waals surface area contributed by atoms with Gasteiger partial charge >= 0.3 is 5.16 Å². The van der Waals surface area contributed by atoms with Crippen LogP contribution in [0.5, 0.6) is 0 Å². The molecule has 0 radical (unpaired) electrons. The van der Waals surface area contributed by atoms with E-state index in [0.29, 0.717) is 11.0 Å². The smallest absolute Gasteiger partial charge is 0.300 e. The SMILES string of the molecule is CON=C(C(=O)NC1C(=O)N2CC(CSc3nc(N)cc(N)[n+]3C)(C(=O)[O-])CS[C@H]12)c1nsc(N)n1. The topological polar surface area (TPSA) is 232 Å². The number of nitrogens with two attached hydrogens (primary N) is 3. The number of carbonyl (C=O) groups is 3. The Labute approximate surface area is 217 Å². The number of oxime groups is 1. The van der Waals surface area contributed by atoms with Crippen LogP contribution in [0.25, 0.3) is 0 Å². The highest BCUT2D eigenvalue weighted by Gasteiger charge is 2.56. The van der Waals surface area contributed by atoms with Gasteiger partial charge in [-0.1, -0.05) is 21.9 Å². The van der Waals surface area contributed by atoms with Gasteiger partial charge < -0.3 is 42.2 Å². The number of amides is 2. The second-order valence-corrected chi connectivity index (χ2v) is 10.8. The van der Waals surface area contributed by atoms with E-state index in [1.54, 1.807) is 11.6 Å². The predicted molar refractivity (Wildman–Crippen MR) is 130 cm³/mol. The highest BCUT2D eigenvalue weighted by Crippen LogP contribution is 2.43. The molecule has 2 amide bonds. The average Bonchev–Trinajstić information content (AvgIpc) is 3.27. The fourth-order valence-corrected chi connectivity index (χ4v) is 6.91. The lowest BCUT2D eigenvalue weighted by molar-refractivity contribution is -0.698. The molecule has 18 heteroatoms. The first-order valence-corrected chi connectivity index (χ1v) is 13.1. The average molecular weight is 555 g/mol. The Hall–Kier alpha value is -3.38. The van der Waals surface area contributed by atoms with Gasteiger partial charge in [0, 0.05) is 35.0 Å². The number of thioether (sulfide) groups is 2. The van der Waals surface area contributed by atoms with E-state index in [1.807, 2.05) is 0 Å². The molecule has 0 aromatic carbocycles. The summed E-state index contributed by atoms with van der Waals surface area (Å²) in [7, 11) is 2.94. The first kappa shape index (κ1) is 25.7. The Morgan fingerprint density at radius 1 is 1.42 bits per heavy atom. The summed E-state index contributed by atoms with van der Waals surface area (Å²) in [4.78, 5) is 52.1. The number of carbonyl (C=O) groups excluding carboxylic acids is 3. The Morgan fingerprint density at radius 2 is 2.17 bits per heavy atom. The van der Waals surface area contributed by atoms with Gasteiger partial charge in [-0.2, -0.15) is 9.36 Å². The van der Waals surface area contributed by atoms with Crippen LogP contribution in [0.3, 0.4) is 0 Å². The van der Waals surface area contributed by atoms with Gasteiger partial charge in [0.2, 0.25) is 29.1 Å². The van der Waals surface area contributed by atoms with E-state index >= 15 is 0 Å². The van der Waals surface area contributed by atoms with Gasteiger partial charge in [-0.05, 0) is 0 Å². The lowest BCUT2D eigenvalue weighted by atomic mass is 9.89. The van der Waals surface area contributed by atoms with E-state index in [2.05, 4.69) is 24.8 Å². The lowest BCUT2D eigenvalue weighted by Gasteiger charge is -2.55.